The van der Waals surface area contributed by atoms with E-state index in [0.29, 0.717) is 18.0 Å². The molecule has 4 heteroatoms. The van der Waals surface area contributed by atoms with Crippen molar-refractivity contribution in [2.75, 3.05) is 30.4 Å². The van der Waals surface area contributed by atoms with E-state index in [1.807, 2.05) is 12.3 Å². The third kappa shape index (κ3) is 4.55. The molecule has 0 aliphatic carbocycles. The number of piperidine rings is 1. The van der Waals surface area contributed by atoms with Crippen molar-refractivity contribution in [3.8, 4) is 0 Å². The van der Waals surface area contributed by atoms with Crippen molar-refractivity contribution in [1.82, 2.24) is 9.88 Å². The highest BCUT2D eigenvalue weighted by Crippen LogP contribution is 2.30. The topological polar surface area (TPSA) is 31.4 Å². The van der Waals surface area contributed by atoms with Crippen LogP contribution in [0.15, 0.2) is 48.7 Å². The molecule has 0 radical (unpaired) electrons. The lowest BCUT2D eigenvalue weighted by atomic mass is 9.92. The molecule has 1 saturated heterocycles. The van der Waals surface area contributed by atoms with E-state index in [-0.39, 0.29) is 0 Å². The molecule has 2 atom stereocenters. The number of nitrogens with zero attached hydrogens (tertiary/aromatic N) is 3. The lowest BCUT2D eigenvalue weighted by Gasteiger charge is -2.42. The van der Waals surface area contributed by atoms with E-state index >= 15 is 0 Å². The lowest BCUT2D eigenvalue weighted by Crippen LogP contribution is -2.49. The maximum absolute atomic E-state index is 4.68. The Morgan fingerprint density at radius 1 is 1.19 bits per heavy atom. The molecule has 1 N–H and O–H groups in total. The van der Waals surface area contributed by atoms with Gasteiger partial charge in [0.25, 0.3) is 0 Å². The van der Waals surface area contributed by atoms with Crippen LogP contribution in [0.25, 0.3) is 0 Å². The second-order valence-electron chi connectivity index (χ2n) is 7.84. The predicted molar refractivity (Wildman–Crippen MR) is 111 cm³/mol. The van der Waals surface area contributed by atoms with Gasteiger partial charge in [0.2, 0.25) is 0 Å². The quantitative estimate of drug-likeness (QED) is 0.842. The van der Waals surface area contributed by atoms with E-state index in [4.69, 9.17) is 0 Å². The average molecular weight is 353 g/mol. The van der Waals surface area contributed by atoms with Gasteiger partial charge in [-0.05, 0) is 43.9 Å². The first-order chi connectivity index (χ1) is 12.5. The summed E-state index contributed by atoms with van der Waals surface area (Å²) in [6.45, 7) is 10.0. The molecule has 0 amide bonds. The largest absolute Gasteiger partial charge is 0.380 e. The van der Waals surface area contributed by atoms with Gasteiger partial charge in [0.05, 0.1) is 5.69 Å². The third-order valence-electron chi connectivity index (χ3n) is 5.26. The average Bonchev–Trinajstić information content (AvgIpc) is 2.62. The van der Waals surface area contributed by atoms with E-state index in [1.54, 1.807) is 0 Å². The highest BCUT2D eigenvalue weighted by Gasteiger charge is 2.30. The summed E-state index contributed by atoms with van der Waals surface area (Å²) in [6, 6.07) is 15.8. The van der Waals surface area contributed by atoms with Crippen molar-refractivity contribution in [3.05, 3.63) is 54.2 Å². The van der Waals surface area contributed by atoms with Crippen molar-refractivity contribution in [3.63, 3.8) is 0 Å². The molecule has 1 aliphatic heterocycles. The van der Waals surface area contributed by atoms with Crippen molar-refractivity contribution < 1.29 is 0 Å². The van der Waals surface area contributed by atoms with E-state index in [1.165, 1.54) is 12.0 Å². The molecule has 2 heterocycles. The fourth-order valence-corrected chi connectivity index (χ4v) is 4.04. The normalized spacial score (nSPS) is 21.0. The molecule has 1 fully saturated rings. The van der Waals surface area contributed by atoms with Gasteiger partial charge in [-0.3, -0.25) is 4.90 Å². The number of hydrogen-bond donors (Lipinski definition) is 1. The number of nitrogens with one attached hydrogen (secondary N) is 1. The summed E-state index contributed by atoms with van der Waals surface area (Å²) in [5.74, 6) is 1.67. The predicted octanol–water partition coefficient (Wildman–Crippen LogP) is 4.25. The highest BCUT2D eigenvalue weighted by molar-refractivity contribution is 5.65. The Balaban J connectivity index is 1.66. The molecule has 4 nitrogen and oxygen atoms in total. The van der Waals surface area contributed by atoms with Crippen LogP contribution in [-0.4, -0.2) is 42.1 Å². The molecule has 1 aliphatic rings. The number of pyridine rings is 1. The Hall–Kier alpha value is -2.07. The van der Waals surface area contributed by atoms with Crippen LogP contribution in [0, 0.1) is 5.92 Å². The molecule has 26 heavy (non-hydrogen) atoms. The fourth-order valence-electron chi connectivity index (χ4n) is 4.04. The first-order valence-electron chi connectivity index (χ1n) is 9.75. The first-order valence-corrected chi connectivity index (χ1v) is 9.75. The van der Waals surface area contributed by atoms with Crippen LogP contribution in [0.1, 0.15) is 32.8 Å². The molecule has 0 spiro atoms. The molecule has 140 valence electrons. The summed E-state index contributed by atoms with van der Waals surface area (Å²) in [6.07, 6.45) is 3.06. The van der Waals surface area contributed by atoms with Crippen LogP contribution in [0.2, 0.25) is 0 Å². The first kappa shape index (κ1) is 18.7. The van der Waals surface area contributed by atoms with Crippen LogP contribution in [-0.2, 0) is 6.54 Å². The molecule has 1 aromatic heterocycles. The number of aromatic nitrogens is 1. The molecule has 1 aromatic carbocycles. The van der Waals surface area contributed by atoms with E-state index < -0.39 is 0 Å². The van der Waals surface area contributed by atoms with Gasteiger partial charge in [-0.25, -0.2) is 4.98 Å². The van der Waals surface area contributed by atoms with Gasteiger partial charge in [-0.2, -0.15) is 0 Å². The molecule has 0 bridgehead atoms. The van der Waals surface area contributed by atoms with Crippen molar-refractivity contribution in [1.29, 1.82) is 0 Å². The zero-order chi connectivity index (χ0) is 18.5. The maximum Gasteiger partial charge on any atom is 0.151 e. The summed E-state index contributed by atoms with van der Waals surface area (Å²) < 4.78 is 0. The number of benzene rings is 1. The number of rotatable bonds is 6. The summed E-state index contributed by atoms with van der Waals surface area (Å²) >= 11 is 0. The van der Waals surface area contributed by atoms with Gasteiger partial charge < -0.3 is 10.2 Å². The Morgan fingerprint density at radius 3 is 2.65 bits per heavy atom. The zero-order valence-electron chi connectivity index (χ0n) is 16.5. The van der Waals surface area contributed by atoms with Gasteiger partial charge in [-0.1, -0.05) is 37.3 Å². The third-order valence-corrected chi connectivity index (χ3v) is 5.26. The standard InChI is InChI=1S/C22H32N4/c1-17(2)24-20-11-8-13-23-22(20)25(4)21-12-14-26(15-18(21)3)16-19-9-6-5-7-10-19/h5-11,13,17-18,21,24H,12,14-16H2,1-4H3/t18-,21-/m0/s1. The fraction of sp³-hybridized carbons (Fsp3) is 0.500. The van der Waals surface area contributed by atoms with Crippen LogP contribution >= 0.6 is 0 Å². The van der Waals surface area contributed by atoms with Crippen molar-refractivity contribution >= 4 is 11.5 Å². The van der Waals surface area contributed by atoms with Gasteiger partial charge in [0.1, 0.15) is 0 Å². The molecule has 3 rings (SSSR count). The Bertz CT molecular complexity index is 686. The molecular weight excluding hydrogens is 320 g/mol. The van der Waals surface area contributed by atoms with Gasteiger partial charge in [-0.15, -0.1) is 0 Å². The highest BCUT2D eigenvalue weighted by atomic mass is 15.2. The molecule has 0 saturated carbocycles. The minimum absolute atomic E-state index is 0.400. The van der Waals surface area contributed by atoms with Crippen LogP contribution < -0.4 is 10.2 Å². The van der Waals surface area contributed by atoms with Crippen molar-refractivity contribution in [2.24, 2.45) is 5.92 Å². The van der Waals surface area contributed by atoms with E-state index in [9.17, 15) is 0 Å². The second-order valence-corrected chi connectivity index (χ2v) is 7.84. The summed E-state index contributed by atoms with van der Waals surface area (Å²) in [5.41, 5.74) is 2.53. The van der Waals surface area contributed by atoms with Crippen LogP contribution in [0.5, 0.6) is 0 Å². The maximum atomic E-state index is 4.68. The summed E-state index contributed by atoms with van der Waals surface area (Å²) in [4.78, 5) is 9.64. The number of likely N-dealkylation sites (tertiary alicyclic amines) is 1. The van der Waals surface area contributed by atoms with Gasteiger partial charge in [0.15, 0.2) is 5.82 Å². The van der Waals surface area contributed by atoms with Crippen LogP contribution in [0.4, 0.5) is 11.5 Å². The van der Waals surface area contributed by atoms with E-state index in [0.717, 1.165) is 31.1 Å². The monoisotopic (exact) mass is 352 g/mol. The number of hydrogen-bond acceptors (Lipinski definition) is 4. The van der Waals surface area contributed by atoms with Gasteiger partial charge >= 0.3 is 0 Å². The minimum atomic E-state index is 0.400. The molecular formula is C22H32N4. The lowest BCUT2D eigenvalue weighted by molar-refractivity contribution is 0.155. The van der Waals surface area contributed by atoms with Crippen LogP contribution in [0.3, 0.4) is 0 Å². The SMILES string of the molecule is CC(C)Nc1cccnc1N(C)[C@H]1CCN(Cc2ccccc2)C[C@@H]1C. The Labute approximate surface area is 158 Å². The van der Waals surface area contributed by atoms with E-state index in [2.05, 4.69) is 84.3 Å². The second kappa shape index (κ2) is 8.54. The number of anilines is 2. The molecule has 2 aromatic rings. The summed E-state index contributed by atoms with van der Waals surface area (Å²) in [7, 11) is 2.20. The van der Waals surface area contributed by atoms with Gasteiger partial charge in [0, 0.05) is 45.0 Å². The van der Waals surface area contributed by atoms with Crippen molar-refractivity contribution in [2.45, 2.75) is 45.8 Å². The Kier molecular flexibility index (Phi) is 6.15. The zero-order valence-corrected chi connectivity index (χ0v) is 16.5. The summed E-state index contributed by atoms with van der Waals surface area (Å²) in [5, 5.41) is 3.54. The smallest absolute Gasteiger partial charge is 0.151 e. The Morgan fingerprint density at radius 2 is 1.96 bits per heavy atom. The molecule has 0 unspecified atom stereocenters. The minimum Gasteiger partial charge on any atom is -0.380 e.